The number of unbranched alkanes of at least 4 members (excludes halogenated alkanes) is 10. The summed E-state index contributed by atoms with van der Waals surface area (Å²) in [5.41, 5.74) is 1.99. The Morgan fingerprint density at radius 1 is 0.757 bits per heavy atom. The summed E-state index contributed by atoms with van der Waals surface area (Å²) in [6.45, 7) is 4.73. The minimum absolute atomic E-state index is 0.115. The third-order valence-corrected chi connectivity index (χ3v) is 6.48. The minimum Gasteiger partial charge on any atom is -0.478 e. The molecule has 3 aromatic rings. The SMILES string of the molecule is CCCCCCCCOC(=O)c1cccc(CCCCCCCC)c1C(=O)O.c1ccc2occc2c1. The Bertz CT molecular complexity index is 1020. The molecule has 1 aromatic heterocycles. The number of fused-ring (bicyclic) bond motifs is 1. The molecule has 5 nitrogen and oxygen atoms in total. The quantitative estimate of drug-likeness (QED) is 0.154. The summed E-state index contributed by atoms with van der Waals surface area (Å²) in [5, 5.41) is 10.8. The van der Waals surface area contributed by atoms with E-state index < -0.39 is 11.9 Å². The van der Waals surface area contributed by atoms with E-state index in [2.05, 4.69) is 13.8 Å². The van der Waals surface area contributed by atoms with Gasteiger partial charge >= 0.3 is 11.9 Å². The lowest BCUT2D eigenvalue weighted by atomic mass is 9.96. The van der Waals surface area contributed by atoms with E-state index in [4.69, 9.17) is 9.15 Å². The van der Waals surface area contributed by atoms with E-state index in [0.717, 1.165) is 48.6 Å². The van der Waals surface area contributed by atoms with Crippen molar-refractivity contribution in [1.29, 1.82) is 0 Å². The lowest BCUT2D eigenvalue weighted by Gasteiger charge is -2.12. The Kier molecular flexibility index (Phi) is 14.8. The Morgan fingerprint density at radius 3 is 2.08 bits per heavy atom. The molecule has 3 rings (SSSR count). The maximum absolute atomic E-state index is 12.4. The van der Waals surface area contributed by atoms with Gasteiger partial charge in [-0.15, -0.1) is 0 Å². The molecule has 0 unspecified atom stereocenters. The fraction of sp³-hybridized carbons (Fsp3) is 0.500. The first kappa shape index (κ1) is 30.1. The monoisotopic (exact) mass is 508 g/mol. The molecule has 0 fully saturated rings. The highest BCUT2D eigenvalue weighted by atomic mass is 16.5. The van der Waals surface area contributed by atoms with Crippen LogP contribution in [0, 0.1) is 0 Å². The van der Waals surface area contributed by atoms with Crippen molar-refractivity contribution in [2.24, 2.45) is 0 Å². The topological polar surface area (TPSA) is 76.7 Å². The number of para-hydroxylation sites is 1. The number of hydrogen-bond donors (Lipinski definition) is 1. The van der Waals surface area contributed by atoms with Gasteiger partial charge in [-0.1, -0.05) is 108 Å². The van der Waals surface area contributed by atoms with Crippen molar-refractivity contribution >= 4 is 22.9 Å². The summed E-state index contributed by atoms with van der Waals surface area (Å²) in [7, 11) is 0. The molecule has 0 aliphatic heterocycles. The number of aromatic carboxylic acids is 1. The molecule has 0 amide bonds. The number of rotatable bonds is 16. The zero-order valence-electron chi connectivity index (χ0n) is 22.7. The highest BCUT2D eigenvalue weighted by molar-refractivity contribution is 6.03. The molecule has 5 heteroatoms. The number of benzene rings is 2. The van der Waals surface area contributed by atoms with Gasteiger partial charge in [0.25, 0.3) is 0 Å². The van der Waals surface area contributed by atoms with Crippen LogP contribution in [0.15, 0.2) is 59.2 Å². The van der Waals surface area contributed by atoms with E-state index in [1.807, 2.05) is 36.4 Å². The third-order valence-electron chi connectivity index (χ3n) is 6.48. The molecule has 0 saturated carbocycles. The highest BCUT2D eigenvalue weighted by Crippen LogP contribution is 2.20. The molecule has 0 aliphatic rings. The van der Waals surface area contributed by atoms with Gasteiger partial charge < -0.3 is 14.3 Å². The van der Waals surface area contributed by atoms with Crippen molar-refractivity contribution in [3.8, 4) is 0 Å². The molecule has 0 spiro atoms. The highest BCUT2D eigenvalue weighted by Gasteiger charge is 2.21. The van der Waals surface area contributed by atoms with Gasteiger partial charge in [0.1, 0.15) is 5.58 Å². The van der Waals surface area contributed by atoms with Crippen LogP contribution in [0.25, 0.3) is 11.0 Å². The van der Waals surface area contributed by atoms with Crippen LogP contribution in [0.2, 0.25) is 0 Å². The summed E-state index contributed by atoms with van der Waals surface area (Å²) in [4.78, 5) is 24.2. The standard InChI is InChI=1S/C24H38O4.C8H6O/c1-3-5-7-9-11-13-16-20-17-15-18-21(22(20)23(25)26)24(27)28-19-14-12-10-8-6-4-2;1-2-4-8-7(3-1)5-6-9-8/h15,17-18H,3-14,16,19H2,1-2H3,(H,25,26);1-6H. The molecular formula is C32H44O5. The molecule has 0 atom stereocenters. The van der Waals surface area contributed by atoms with Crippen LogP contribution in [0.5, 0.6) is 0 Å². The molecule has 0 aliphatic carbocycles. The fourth-order valence-corrected chi connectivity index (χ4v) is 4.36. The largest absolute Gasteiger partial charge is 0.478 e. The van der Waals surface area contributed by atoms with Crippen molar-refractivity contribution in [2.75, 3.05) is 6.61 Å². The van der Waals surface area contributed by atoms with Crippen molar-refractivity contribution in [3.05, 3.63) is 71.5 Å². The van der Waals surface area contributed by atoms with E-state index in [9.17, 15) is 14.7 Å². The summed E-state index contributed by atoms with van der Waals surface area (Å²) < 4.78 is 10.5. The first-order valence-electron chi connectivity index (χ1n) is 14.0. The summed E-state index contributed by atoms with van der Waals surface area (Å²) in [6, 6.07) is 15.0. The number of hydrogen-bond acceptors (Lipinski definition) is 4. The molecule has 2 aromatic carbocycles. The van der Waals surface area contributed by atoms with Gasteiger partial charge in [-0.05, 0) is 43.0 Å². The number of furan rings is 1. The van der Waals surface area contributed by atoms with Gasteiger partial charge in [0.2, 0.25) is 0 Å². The zero-order chi connectivity index (χ0) is 26.7. The number of carboxylic acid groups (broad SMARTS) is 1. The molecule has 0 saturated heterocycles. The van der Waals surface area contributed by atoms with Gasteiger partial charge in [-0.2, -0.15) is 0 Å². The number of carbonyl (C=O) groups excluding carboxylic acids is 1. The molecular weight excluding hydrogens is 464 g/mol. The second-order valence-electron chi connectivity index (χ2n) is 9.52. The number of esters is 1. The first-order valence-corrected chi connectivity index (χ1v) is 14.0. The third kappa shape index (κ3) is 11.2. The van der Waals surface area contributed by atoms with Crippen LogP contribution < -0.4 is 0 Å². The van der Waals surface area contributed by atoms with Crippen LogP contribution >= 0.6 is 0 Å². The predicted octanol–water partition coefficient (Wildman–Crippen LogP) is 9.24. The Morgan fingerprint density at radius 2 is 1.41 bits per heavy atom. The van der Waals surface area contributed by atoms with Crippen molar-refractivity contribution < 1.29 is 23.8 Å². The Hall–Kier alpha value is -3.08. The average Bonchev–Trinajstić information content (AvgIpc) is 3.39. The van der Waals surface area contributed by atoms with Crippen molar-refractivity contribution in [1.82, 2.24) is 0 Å². The van der Waals surface area contributed by atoms with Gasteiger partial charge in [0.15, 0.2) is 0 Å². The van der Waals surface area contributed by atoms with E-state index in [1.54, 1.807) is 18.4 Å². The summed E-state index contributed by atoms with van der Waals surface area (Å²) >= 11 is 0. The van der Waals surface area contributed by atoms with Gasteiger partial charge in [0.05, 0.1) is 24.0 Å². The smallest absolute Gasteiger partial charge is 0.339 e. The Labute approximate surface area is 222 Å². The average molecular weight is 509 g/mol. The maximum atomic E-state index is 12.4. The molecule has 0 radical (unpaired) electrons. The first-order chi connectivity index (χ1) is 18.1. The van der Waals surface area contributed by atoms with E-state index >= 15 is 0 Å². The van der Waals surface area contributed by atoms with Crippen LogP contribution in [0.4, 0.5) is 0 Å². The number of aryl methyl sites for hydroxylation is 1. The summed E-state index contributed by atoms with van der Waals surface area (Å²) in [5.74, 6) is -1.57. The van der Waals surface area contributed by atoms with Crippen molar-refractivity contribution in [3.63, 3.8) is 0 Å². The van der Waals surface area contributed by atoms with Crippen LogP contribution in [0.3, 0.4) is 0 Å². The molecule has 1 N–H and O–H groups in total. The minimum atomic E-state index is -1.05. The lowest BCUT2D eigenvalue weighted by Crippen LogP contribution is -2.15. The van der Waals surface area contributed by atoms with Crippen molar-refractivity contribution in [2.45, 2.75) is 97.3 Å². The second kappa shape index (κ2) is 18.2. The van der Waals surface area contributed by atoms with E-state index in [-0.39, 0.29) is 11.1 Å². The fourth-order valence-electron chi connectivity index (χ4n) is 4.36. The lowest BCUT2D eigenvalue weighted by molar-refractivity contribution is 0.0487. The molecule has 1 heterocycles. The zero-order valence-corrected chi connectivity index (χ0v) is 22.7. The number of ether oxygens (including phenoxy) is 1. The summed E-state index contributed by atoms with van der Waals surface area (Å²) in [6.07, 6.45) is 16.0. The Balaban J connectivity index is 0.000000439. The van der Waals surface area contributed by atoms with Gasteiger partial charge in [-0.3, -0.25) is 0 Å². The molecule has 37 heavy (non-hydrogen) atoms. The normalized spacial score (nSPS) is 10.6. The number of carbonyl (C=O) groups is 2. The number of carboxylic acids is 1. The van der Waals surface area contributed by atoms with Crippen LogP contribution in [0.1, 0.15) is 117 Å². The van der Waals surface area contributed by atoms with Gasteiger partial charge in [0, 0.05) is 5.39 Å². The van der Waals surface area contributed by atoms with Crippen LogP contribution in [-0.2, 0) is 11.2 Å². The second-order valence-corrected chi connectivity index (χ2v) is 9.52. The van der Waals surface area contributed by atoms with Gasteiger partial charge in [-0.25, -0.2) is 9.59 Å². The maximum Gasteiger partial charge on any atom is 0.339 e. The van der Waals surface area contributed by atoms with E-state index in [0.29, 0.717) is 13.0 Å². The molecule has 0 bridgehead atoms. The predicted molar refractivity (Wildman–Crippen MR) is 150 cm³/mol. The van der Waals surface area contributed by atoms with Crippen LogP contribution in [-0.4, -0.2) is 23.7 Å². The van der Waals surface area contributed by atoms with E-state index in [1.165, 1.54) is 44.9 Å². The molecule has 202 valence electrons.